The molecular weight excluding hydrogens is 224 g/mol. The van der Waals surface area contributed by atoms with Gasteiger partial charge < -0.3 is 10.3 Å². The zero-order chi connectivity index (χ0) is 12.6. The highest BCUT2D eigenvalue weighted by molar-refractivity contribution is 5.97. The fourth-order valence-electron chi connectivity index (χ4n) is 2.55. The predicted molar refractivity (Wildman–Crippen MR) is 72.4 cm³/mol. The molecule has 0 bridgehead atoms. The van der Waals surface area contributed by atoms with Crippen LogP contribution in [0.3, 0.4) is 0 Å². The van der Waals surface area contributed by atoms with Gasteiger partial charge in [0.15, 0.2) is 0 Å². The van der Waals surface area contributed by atoms with Crippen LogP contribution in [0.2, 0.25) is 0 Å². The molecule has 1 aromatic heterocycles. The molecule has 2 N–H and O–H groups in total. The molecule has 18 heavy (non-hydrogen) atoms. The van der Waals surface area contributed by atoms with Crippen molar-refractivity contribution in [2.45, 2.75) is 18.3 Å². The van der Waals surface area contributed by atoms with E-state index in [1.165, 1.54) is 0 Å². The molecule has 3 rings (SSSR count). The van der Waals surface area contributed by atoms with Gasteiger partial charge in [0.25, 0.3) is 0 Å². The summed E-state index contributed by atoms with van der Waals surface area (Å²) in [5.41, 5.74) is 1.90. The molecule has 1 fully saturated rings. The molecule has 0 saturated heterocycles. The Morgan fingerprint density at radius 1 is 1.44 bits per heavy atom. The van der Waals surface area contributed by atoms with E-state index in [2.05, 4.69) is 22.9 Å². The van der Waals surface area contributed by atoms with Crippen molar-refractivity contribution < 1.29 is 4.79 Å². The number of H-pyrrole nitrogens is 1. The van der Waals surface area contributed by atoms with Gasteiger partial charge in [-0.25, -0.2) is 0 Å². The maximum Gasteiger partial charge on any atom is 0.230 e. The van der Waals surface area contributed by atoms with Gasteiger partial charge in [0.2, 0.25) is 5.91 Å². The van der Waals surface area contributed by atoms with E-state index in [0.29, 0.717) is 6.54 Å². The average Bonchev–Trinajstić information content (AvgIpc) is 3.10. The Balaban J connectivity index is 1.99. The lowest BCUT2D eigenvalue weighted by Crippen LogP contribution is -2.34. The molecule has 1 aromatic carbocycles. The number of nitrogens with one attached hydrogen (secondary N) is 2. The van der Waals surface area contributed by atoms with Gasteiger partial charge >= 0.3 is 0 Å². The van der Waals surface area contributed by atoms with Gasteiger partial charge in [0.05, 0.1) is 5.41 Å². The van der Waals surface area contributed by atoms with E-state index in [-0.39, 0.29) is 11.3 Å². The molecule has 1 aliphatic rings. The van der Waals surface area contributed by atoms with Crippen LogP contribution in [0, 0.1) is 0 Å². The van der Waals surface area contributed by atoms with E-state index in [4.69, 9.17) is 0 Å². The number of hydrogen-bond donors (Lipinski definition) is 2. The molecule has 0 aliphatic heterocycles. The van der Waals surface area contributed by atoms with E-state index < -0.39 is 0 Å². The number of rotatable bonds is 4. The van der Waals surface area contributed by atoms with Gasteiger partial charge in [-0.15, -0.1) is 6.58 Å². The van der Waals surface area contributed by atoms with Gasteiger partial charge in [-0.2, -0.15) is 0 Å². The summed E-state index contributed by atoms with van der Waals surface area (Å²) < 4.78 is 0. The lowest BCUT2D eigenvalue weighted by atomic mass is 9.94. The number of aromatic amines is 1. The summed E-state index contributed by atoms with van der Waals surface area (Å²) in [6.07, 6.45) is 5.55. The van der Waals surface area contributed by atoms with E-state index in [9.17, 15) is 4.79 Å². The topological polar surface area (TPSA) is 44.9 Å². The van der Waals surface area contributed by atoms with Crippen LogP contribution in [0.25, 0.3) is 10.9 Å². The summed E-state index contributed by atoms with van der Waals surface area (Å²) in [4.78, 5) is 15.5. The van der Waals surface area contributed by atoms with Crippen LogP contribution in [0.1, 0.15) is 18.4 Å². The van der Waals surface area contributed by atoms with Crippen molar-refractivity contribution in [2.75, 3.05) is 6.54 Å². The van der Waals surface area contributed by atoms with E-state index in [1.54, 1.807) is 6.08 Å². The molecular formula is C15H16N2O. The second kappa shape index (κ2) is 4.02. The fourth-order valence-corrected chi connectivity index (χ4v) is 2.55. The fraction of sp³-hybridized carbons (Fsp3) is 0.267. The number of benzene rings is 1. The second-order valence-electron chi connectivity index (χ2n) is 4.83. The largest absolute Gasteiger partial charge is 0.361 e. The van der Waals surface area contributed by atoms with Crippen LogP contribution >= 0.6 is 0 Å². The first-order valence-electron chi connectivity index (χ1n) is 6.24. The summed E-state index contributed by atoms with van der Waals surface area (Å²) >= 11 is 0. The Morgan fingerprint density at radius 2 is 2.22 bits per heavy atom. The van der Waals surface area contributed by atoms with Crippen LogP contribution in [-0.4, -0.2) is 17.4 Å². The van der Waals surface area contributed by atoms with Gasteiger partial charge in [0.1, 0.15) is 0 Å². The number of amides is 1. The second-order valence-corrected chi connectivity index (χ2v) is 4.83. The van der Waals surface area contributed by atoms with Crippen molar-refractivity contribution in [3.8, 4) is 0 Å². The van der Waals surface area contributed by atoms with Crippen molar-refractivity contribution in [1.29, 1.82) is 0 Å². The normalized spacial score (nSPS) is 16.4. The van der Waals surface area contributed by atoms with Gasteiger partial charge in [-0.3, -0.25) is 4.79 Å². The summed E-state index contributed by atoms with van der Waals surface area (Å²) in [7, 11) is 0. The van der Waals surface area contributed by atoms with Crippen molar-refractivity contribution in [3.63, 3.8) is 0 Å². The number of para-hydroxylation sites is 1. The minimum atomic E-state index is -0.317. The average molecular weight is 240 g/mol. The quantitative estimate of drug-likeness (QED) is 0.792. The number of carbonyl (C=O) groups excluding carboxylic acids is 1. The first-order valence-corrected chi connectivity index (χ1v) is 6.24. The third-order valence-corrected chi connectivity index (χ3v) is 3.70. The first-order chi connectivity index (χ1) is 8.78. The van der Waals surface area contributed by atoms with Crippen molar-refractivity contribution in [1.82, 2.24) is 10.3 Å². The highest BCUT2D eigenvalue weighted by Gasteiger charge is 2.52. The summed E-state index contributed by atoms with van der Waals surface area (Å²) in [5.74, 6) is 0.118. The molecule has 1 heterocycles. The molecule has 3 heteroatoms. The van der Waals surface area contributed by atoms with E-state index in [0.717, 1.165) is 29.3 Å². The van der Waals surface area contributed by atoms with Crippen LogP contribution in [0.5, 0.6) is 0 Å². The minimum absolute atomic E-state index is 0.118. The Kier molecular flexibility index (Phi) is 2.47. The zero-order valence-corrected chi connectivity index (χ0v) is 10.2. The van der Waals surface area contributed by atoms with Crippen LogP contribution in [0.4, 0.5) is 0 Å². The zero-order valence-electron chi connectivity index (χ0n) is 10.2. The third kappa shape index (κ3) is 1.55. The van der Waals surface area contributed by atoms with Gasteiger partial charge in [-0.05, 0) is 24.5 Å². The first kappa shape index (κ1) is 11.1. The molecule has 0 spiro atoms. The smallest absolute Gasteiger partial charge is 0.230 e. The number of fused-ring (bicyclic) bond motifs is 1. The molecule has 0 atom stereocenters. The molecule has 3 nitrogen and oxygen atoms in total. The standard InChI is InChI=1S/C15H16N2O/c1-2-9-16-14(18)15(7-8-15)12-10-17-13-6-4-3-5-11(12)13/h2-6,10,17H,1,7-9H2,(H,16,18). The van der Waals surface area contributed by atoms with Gasteiger partial charge in [-0.1, -0.05) is 24.3 Å². The van der Waals surface area contributed by atoms with Crippen molar-refractivity contribution >= 4 is 16.8 Å². The lowest BCUT2D eigenvalue weighted by molar-refractivity contribution is -0.123. The highest BCUT2D eigenvalue weighted by atomic mass is 16.2. The Labute approximate surface area is 106 Å². The van der Waals surface area contributed by atoms with Crippen LogP contribution in [0.15, 0.2) is 43.1 Å². The van der Waals surface area contributed by atoms with Crippen LogP contribution in [-0.2, 0) is 10.2 Å². The SMILES string of the molecule is C=CCNC(=O)C1(c2c[nH]c3ccccc23)CC1. The predicted octanol–water partition coefficient (Wildman–Crippen LogP) is 2.50. The summed E-state index contributed by atoms with van der Waals surface area (Å²) in [6, 6.07) is 8.12. The minimum Gasteiger partial charge on any atom is -0.361 e. The number of hydrogen-bond acceptors (Lipinski definition) is 1. The Morgan fingerprint density at radius 3 is 2.94 bits per heavy atom. The Hall–Kier alpha value is -2.03. The molecule has 1 aliphatic carbocycles. The molecule has 1 amide bonds. The summed E-state index contributed by atoms with van der Waals surface area (Å²) in [6.45, 7) is 4.16. The maximum absolute atomic E-state index is 12.3. The number of carbonyl (C=O) groups is 1. The Bertz CT molecular complexity index is 608. The monoisotopic (exact) mass is 240 g/mol. The highest BCUT2D eigenvalue weighted by Crippen LogP contribution is 2.50. The van der Waals surface area contributed by atoms with Gasteiger partial charge in [0, 0.05) is 23.6 Å². The lowest BCUT2D eigenvalue weighted by Gasteiger charge is -2.13. The van der Waals surface area contributed by atoms with Crippen molar-refractivity contribution in [2.24, 2.45) is 0 Å². The maximum atomic E-state index is 12.3. The molecule has 0 unspecified atom stereocenters. The molecule has 92 valence electrons. The number of aromatic nitrogens is 1. The molecule has 0 radical (unpaired) electrons. The molecule has 1 saturated carbocycles. The van der Waals surface area contributed by atoms with E-state index >= 15 is 0 Å². The molecule has 2 aromatic rings. The van der Waals surface area contributed by atoms with Crippen LogP contribution < -0.4 is 5.32 Å². The van der Waals surface area contributed by atoms with Crippen molar-refractivity contribution in [3.05, 3.63) is 48.7 Å². The van der Waals surface area contributed by atoms with E-state index in [1.807, 2.05) is 24.4 Å². The summed E-state index contributed by atoms with van der Waals surface area (Å²) in [5, 5.41) is 4.07. The third-order valence-electron chi connectivity index (χ3n) is 3.70.